The van der Waals surface area contributed by atoms with Gasteiger partial charge in [-0.05, 0) is 29.3 Å². The number of rotatable bonds is 5. The van der Waals surface area contributed by atoms with Gasteiger partial charge in [0.2, 0.25) is 10.0 Å². The van der Waals surface area contributed by atoms with Gasteiger partial charge in [0.15, 0.2) is 0 Å². The molecular weight excluding hydrogens is 389 g/mol. The third kappa shape index (κ3) is 3.79. The zero-order valence-corrected chi connectivity index (χ0v) is 16.3. The van der Waals surface area contributed by atoms with Crippen molar-refractivity contribution in [3.63, 3.8) is 0 Å². The van der Waals surface area contributed by atoms with E-state index >= 15 is 0 Å². The highest BCUT2D eigenvalue weighted by atomic mass is 35.5. The van der Waals surface area contributed by atoms with E-state index in [-0.39, 0.29) is 9.92 Å². The molecule has 0 bridgehead atoms. The normalized spacial score (nSPS) is 11.9. The lowest BCUT2D eigenvalue weighted by Gasteiger charge is -2.28. The summed E-state index contributed by atoms with van der Waals surface area (Å²) < 4.78 is 27.9. The van der Waals surface area contributed by atoms with Crippen molar-refractivity contribution < 1.29 is 8.42 Å². The highest BCUT2D eigenvalue weighted by Crippen LogP contribution is 2.34. The molecule has 0 heterocycles. The Morgan fingerprint density at radius 3 is 1.81 bits per heavy atom. The fourth-order valence-electron chi connectivity index (χ4n) is 2.85. The third-order valence-electron chi connectivity index (χ3n) is 4.14. The van der Waals surface area contributed by atoms with Crippen LogP contribution in [0, 0.1) is 0 Å². The lowest BCUT2D eigenvalue weighted by Crippen LogP contribution is -2.32. The molecule has 0 aromatic heterocycles. The molecule has 0 amide bonds. The van der Waals surface area contributed by atoms with Crippen LogP contribution < -0.4 is 0 Å². The van der Waals surface area contributed by atoms with Gasteiger partial charge in [0.05, 0.1) is 11.1 Å². The summed E-state index contributed by atoms with van der Waals surface area (Å²) >= 11 is 12.2. The Hall–Kier alpha value is -1.85. The fraction of sp³-hybridized carbons (Fsp3) is 0.100. The van der Waals surface area contributed by atoms with Crippen LogP contribution in [-0.4, -0.2) is 19.8 Å². The van der Waals surface area contributed by atoms with Crippen molar-refractivity contribution in [3.8, 4) is 0 Å². The van der Waals surface area contributed by atoms with Crippen LogP contribution in [0.1, 0.15) is 17.2 Å². The first kappa shape index (κ1) is 18.9. The van der Waals surface area contributed by atoms with Crippen molar-refractivity contribution in [2.75, 3.05) is 7.05 Å². The number of nitrogens with zero attached hydrogens (tertiary/aromatic N) is 1. The molecule has 0 N–H and O–H groups in total. The number of hydrogen-bond acceptors (Lipinski definition) is 2. The van der Waals surface area contributed by atoms with Gasteiger partial charge in [-0.1, -0.05) is 83.9 Å². The summed E-state index contributed by atoms with van der Waals surface area (Å²) in [4.78, 5) is -0.00831. The van der Waals surface area contributed by atoms with Crippen molar-refractivity contribution in [1.82, 2.24) is 4.31 Å². The second-order valence-electron chi connectivity index (χ2n) is 5.82. The lowest BCUT2D eigenvalue weighted by atomic mass is 9.99. The highest BCUT2D eigenvalue weighted by molar-refractivity contribution is 7.89. The van der Waals surface area contributed by atoms with Gasteiger partial charge in [0, 0.05) is 12.1 Å². The molecule has 3 aromatic carbocycles. The smallest absolute Gasteiger partial charge is 0.207 e. The Kier molecular flexibility index (Phi) is 5.68. The maximum Gasteiger partial charge on any atom is 0.245 e. The number of sulfonamides is 1. The summed E-state index contributed by atoms with van der Waals surface area (Å²) in [7, 11) is -2.32. The molecule has 0 unspecified atom stereocenters. The molecule has 134 valence electrons. The van der Waals surface area contributed by atoms with Gasteiger partial charge in [-0.15, -0.1) is 0 Å². The van der Waals surface area contributed by atoms with Gasteiger partial charge >= 0.3 is 0 Å². The molecule has 0 atom stereocenters. The first-order valence-electron chi connectivity index (χ1n) is 7.94. The van der Waals surface area contributed by atoms with Crippen LogP contribution in [0.3, 0.4) is 0 Å². The zero-order valence-electron chi connectivity index (χ0n) is 14.0. The summed E-state index contributed by atoms with van der Waals surface area (Å²) in [6.45, 7) is 0. The van der Waals surface area contributed by atoms with E-state index in [1.165, 1.54) is 16.4 Å². The largest absolute Gasteiger partial charge is 0.245 e. The van der Waals surface area contributed by atoms with Crippen molar-refractivity contribution in [2.45, 2.75) is 10.9 Å². The predicted molar refractivity (Wildman–Crippen MR) is 106 cm³/mol. The predicted octanol–water partition coefficient (Wildman–Crippen LogP) is 5.40. The molecule has 26 heavy (non-hydrogen) atoms. The molecule has 0 aliphatic heterocycles. The van der Waals surface area contributed by atoms with E-state index in [9.17, 15) is 8.42 Å². The maximum absolute atomic E-state index is 13.3. The summed E-state index contributed by atoms with van der Waals surface area (Å²) in [5.74, 6) is 0. The van der Waals surface area contributed by atoms with Crippen LogP contribution in [0.15, 0.2) is 83.8 Å². The van der Waals surface area contributed by atoms with Crippen LogP contribution in [0.5, 0.6) is 0 Å². The SMILES string of the molecule is CN(C(c1ccccc1)c1ccccc1)S(=O)(=O)c1cc(Cl)ccc1Cl. The Balaban J connectivity index is 2.14. The molecule has 3 nitrogen and oxygen atoms in total. The van der Waals surface area contributed by atoms with E-state index in [1.807, 2.05) is 60.7 Å². The van der Waals surface area contributed by atoms with E-state index in [0.717, 1.165) is 11.1 Å². The van der Waals surface area contributed by atoms with E-state index < -0.39 is 16.1 Å². The fourth-order valence-corrected chi connectivity index (χ4v) is 4.92. The minimum Gasteiger partial charge on any atom is -0.207 e. The van der Waals surface area contributed by atoms with Crippen LogP contribution in [0.4, 0.5) is 0 Å². The Morgan fingerprint density at radius 1 is 0.808 bits per heavy atom. The van der Waals surface area contributed by atoms with Crippen molar-refractivity contribution in [2.24, 2.45) is 0 Å². The maximum atomic E-state index is 13.3. The molecule has 0 saturated heterocycles. The summed E-state index contributed by atoms with van der Waals surface area (Å²) in [6, 6.07) is 22.9. The first-order chi connectivity index (χ1) is 12.4. The van der Waals surface area contributed by atoms with Crippen LogP contribution >= 0.6 is 23.2 Å². The zero-order chi connectivity index (χ0) is 18.7. The lowest BCUT2D eigenvalue weighted by molar-refractivity contribution is 0.418. The van der Waals surface area contributed by atoms with E-state index in [2.05, 4.69) is 0 Å². The molecular formula is C20H17Cl2NO2S. The van der Waals surface area contributed by atoms with E-state index in [1.54, 1.807) is 13.1 Å². The summed E-state index contributed by atoms with van der Waals surface area (Å²) in [5.41, 5.74) is 1.73. The second-order valence-corrected chi connectivity index (χ2v) is 8.63. The van der Waals surface area contributed by atoms with Gasteiger partial charge in [-0.3, -0.25) is 0 Å². The third-order valence-corrected chi connectivity index (χ3v) is 6.68. The molecule has 0 aliphatic rings. The molecule has 0 spiro atoms. The van der Waals surface area contributed by atoms with Crippen molar-refractivity contribution >= 4 is 33.2 Å². The highest BCUT2D eigenvalue weighted by Gasteiger charge is 2.31. The van der Waals surface area contributed by atoms with Gasteiger partial charge in [-0.25, -0.2) is 8.42 Å². The average molecular weight is 406 g/mol. The number of benzene rings is 3. The number of halogens is 2. The monoisotopic (exact) mass is 405 g/mol. The van der Waals surface area contributed by atoms with Crippen molar-refractivity contribution in [3.05, 3.63) is 100 Å². The Bertz CT molecular complexity index is 953. The standard InChI is InChI=1S/C20H17Cl2NO2S/c1-23(26(24,25)19-14-17(21)12-13-18(19)22)20(15-8-4-2-5-9-15)16-10-6-3-7-11-16/h2-14,20H,1H3. The topological polar surface area (TPSA) is 37.4 Å². The first-order valence-corrected chi connectivity index (χ1v) is 10.1. The summed E-state index contributed by atoms with van der Waals surface area (Å²) in [5, 5.41) is 0.457. The Labute approximate surface area is 163 Å². The van der Waals surface area contributed by atoms with Crippen LogP contribution in [0.25, 0.3) is 0 Å². The van der Waals surface area contributed by atoms with E-state index in [0.29, 0.717) is 5.02 Å². The second kappa shape index (κ2) is 7.80. The quantitative estimate of drug-likeness (QED) is 0.569. The Morgan fingerprint density at radius 2 is 1.31 bits per heavy atom. The molecule has 3 rings (SSSR count). The van der Waals surface area contributed by atoms with Gasteiger partial charge < -0.3 is 0 Å². The van der Waals surface area contributed by atoms with Gasteiger partial charge in [0.25, 0.3) is 0 Å². The molecule has 6 heteroatoms. The average Bonchev–Trinajstić information content (AvgIpc) is 2.65. The minimum absolute atomic E-state index is 0.00831. The molecule has 0 fully saturated rings. The van der Waals surface area contributed by atoms with Crippen LogP contribution in [0.2, 0.25) is 10.0 Å². The molecule has 0 saturated carbocycles. The number of hydrogen-bond donors (Lipinski definition) is 0. The van der Waals surface area contributed by atoms with E-state index in [4.69, 9.17) is 23.2 Å². The van der Waals surface area contributed by atoms with Crippen molar-refractivity contribution in [1.29, 1.82) is 0 Å². The van der Waals surface area contributed by atoms with Gasteiger partial charge in [0.1, 0.15) is 4.90 Å². The molecule has 0 aliphatic carbocycles. The summed E-state index contributed by atoms with van der Waals surface area (Å²) in [6.07, 6.45) is 0. The van der Waals surface area contributed by atoms with Crippen LogP contribution in [-0.2, 0) is 10.0 Å². The minimum atomic E-state index is -3.87. The van der Waals surface area contributed by atoms with Gasteiger partial charge in [-0.2, -0.15) is 4.31 Å². The molecule has 3 aromatic rings. The molecule has 0 radical (unpaired) electrons.